The van der Waals surface area contributed by atoms with Crippen molar-refractivity contribution in [2.24, 2.45) is 11.3 Å². The molecule has 3 N–H and O–H groups in total. The van der Waals surface area contributed by atoms with Crippen molar-refractivity contribution in [3.63, 3.8) is 0 Å². The van der Waals surface area contributed by atoms with E-state index in [0.717, 1.165) is 45.6 Å². The summed E-state index contributed by atoms with van der Waals surface area (Å²) in [4.78, 5) is 45.4. The number of methoxy groups -OCH3 is 1. The van der Waals surface area contributed by atoms with Gasteiger partial charge in [-0.2, -0.15) is 0 Å². The van der Waals surface area contributed by atoms with E-state index < -0.39 is 23.9 Å². The van der Waals surface area contributed by atoms with Crippen LogP contribution in [0.25, 0.3) is 0 Å². The third-order valence-electron chi connectivity index (χ3n) is 9.31. The summed E-state index contributed by atoms with van der Waals surface area (Å²) in [5, 5.41) is 34.7. The molecule has 2 saturated heterocycles. The molecule has 0 radical (unpaired) electrons. The number of carbonyl (C=O) groups is 3. The highest BCUT2D eigenvalue weighted by Crippen LogP contribution is 2.44. The van der Waals surface area contributed by atoms with Gasteiger partial charge in [0.05, 0.1) is 18.3 Å². The second kappa shape index (κ2) is 19.5. The number of amides is 1. The summed E-state index contributed by atoms with van der Waals surface area (Å²) in [5.74, 6) is -1.95. The number of aliphatic hydroxyl groups is 1. The van der Waals surface area contributed by atoms with Crippen LogP contribution in [0.2, 0.25) is 0 Å². The number of rotatable bonds is 17. The van der Waals surface area contributed by atoms with Crippen molar-refractivity contribution >= 4 is 23.7 Å². The number of carboxylic acid groups (broad SMARTS) is 2. The summed E-state index contributed by atoms with van der Waals surface area (Å²) >= 11 is 0. The summed E-state index contributed by atoms with van der Waals surface area (Å²) in [5.41, 5.74) is 0.252. The van der Waals surface area contributed by atoms with E-state index in [1.807, 2.05) is 27.8 Å². The topological polar surface area (TPSA) is 182 Å². The van der Waals surface area contributed by atoms with E-state index in [9.17, 15) is 23.9 Å². The molecule has 288 valence electrons. The van der Waals surface area contributed by atoms with Crippen LogP contribution in [0.15, 0.2) is 36.7 Å². The van der Waals surface area contributed by atoms with Crippen LogP contribution in [0, 0.1) is 17.2 Å². The van der Waals surface area contributed by atoms with Gasteiger partial charge in [-0.1, -0.05) is 13.8 Å². The van der Waals surface area contributed by atoms with E-state index in [0.29, 0.717) is 49.6 Å². The number of aromatic nitrogens is 3. The molecule has 52 heavy (non-hydrogen) atoms. The molecule has 2 aliphatic rings. The van der Waals surface area contributed by atoms with Crippen LogP contribution >= 0.6 is 0 Å². The third-order valence-corrected chi connectivity index (χ3v) is 9.31. The number of halogens is 1. The van der Waals surface area contributed by atoms with Crippen molar-refractivity contribution < 1.29 is 43.6 Å². The molecule has 15 nitrogen and oxygen atoms in total. The first-order valence-corrected chi connectivity index (χ1v) is 17.5. The molecule has 2 atom stereocenters. The van der Waals surface area contributed by atoms with Crippen molar-refractivity contribution in [1.29, 1.82) is 0 Å². The molecule has 1 aromatic carbocycles. The highest BCUT2D eigenvalue weighted by atomic mass is 19.1. The van der Waals surface area contributed by atoms with Gasteiger partial charge in [0.15, 0.2) is 5.82 Å². The number of anilines is 1. The molecule has 3 heterocycles. The Bertz CT molecular complexity index is 1510. The lowest BCUT2D eigenvalue weighted by molar-refractivity contribution is -0.134. The first-order valence-electron chi connectivity index (χ1n) is 17.5. The van der Waals surface area contributed by atoms with Gasteiger partial charge >= 0.3 is 11.9 Å². The molecule has 0 aliphatic carbocycles. The Kier molecular flexibility index (Phi) is 15.9. The summed E-state index contributed by atoms with van der Waals surface area (Å²) < 4.78 is 25.6. The molecule has 1 aromatic heterocycles. The Morgan fingerprint density at radius 3 is 2.35 bits per heavy atom. The zero-order chi connectivity index (χ0) is 38.6. The Hall–Kier alpha value is -4.25. The van der Waals surface area contributed by atoms with Crippen molar-refractivity contribution in [3.8, 4) is 11.6 Å². The van der Waals surface area contributed by atoms with E-state index in [4.69, 9.17) is 19.7 Å². The van der Waals surface area contributed by atoms with Crippen LogP contribution in [0.3, 0.4) is 0 Å². The van der Waals surface area contributed by atoms with Crippen LogP contribution in [-0.2, 0) is 14.3 Å². The lowest BCUT2D eigenvalue weighted by Gasteiger charge is -2.53. The number of aliphatic carboxylic acids is 2. The number of hydrogen-bond donors (Lipinski definition) is 3. The fourth-order valence-corrected chi connectivity index (χ4v) is 6.76. The number of likely N-dealkylation sites (tertiary alicyclic amines) is 1. The molecule has 1 unspecified atom stereocenters. The third kappa shape index (κ3) is 11.9. The lowest BCUT2D eigenvalue weighted by Crippen LogP contribution is -2.62. The molecule has 4 rings (SSSR count). The number of nitrogens with zero attached hydrogens (tertiary/aromatic N) is 7. The quantitative estimate of drug-likeness (QED) is 0.202. The highest BCUT2D eigenvalue weighted by molar-refractivity contribution is 5.97. The molecule has 1 amide bonds. The summed E-state index contributed by atoms with van der Waals surface area (Å²) in [6, 6.07) is 4.18. The second-order valence-corrected chi connectivity index (χ2v) is 14.1. The SMILES string of the molecule is CCN(C(=O)c1cc(F)ccc1Oc1nncnc1N1CCC2(C1)CN(C(C[C@H](O)CN(C)CCOC)C(C)C)C2)C(C)C.O=C(O)/C=C/C(=O)O. The van der Waals surface area contributed by atoms with Gasteiger partial charge in [-0.15, -0.1) is 10.2 Å². The van der Waals surface area contributed by atoms with Gasteiger partial charge in [0, 0.05) is 82.6 Å². The van der Waals surface area contributed by atoms with Crippen molar-refractivity contribution in [1.82, 2.24) is 29.9 Å². The smallest absolute Gasteiger partial charge is 0.328 e. The number of aliphatic hydroxyl groups excluding tert-OH is 1. The number of likely N-dealkylation sites (N-methyl/N-ethyl adjacent to an activating group) is 1. The van der Waals surface area contributed by atoms with E-state index in [-0.39, 0.29) is 34.6 Å². The number of carbonyl (C=O) groups excluding carboxylic acids is 1. The van der Waals surface area contributed by atoms with Gasteiger partial charge < -0.3 is 39.5 Å². The Labute approximate surface area is 305 Å². The average molecular weight is 732 g/mol. The minimum atomic E-state index is -1.26. The van der Waals surface area contributed by atoms with Crippen molar-refractivity contribution in [3.05, 3.63) is 48.1 Å². The molecular weight excluding hydrogens is 677 g/mol. The first-order chi connectivity index (χ1) is 24.6. The number of ether oxygens (including phenoxy) is 2. The normalized spacial score (nSPS) is 16.6. The molecular formula is C36H54FN7O8. The fraction of sp³-hybridized carbons (Fsp3) is 0.611. The van der Waals surface area contributed by atoms with E-state index in [1.54, 1.807) is 12.0 Å². The van der Waals surface area contributed by atoms with Crippen LogP contribution in [0.4, 0.5) is 10.2 Å². The predicted molar refractivity (Wildman–Crippen MR) is 192 cm³/mol. The summed E-state index contributed by atoms with van der Waals surface area (Å²) in [6.07, 6.45) is 3.84. The van der Waals surface area contributed by atoms with Gasteiger partial charge in [0.25, 0.3) is 11.8 Å². The van der Waals surface area contributed by atoms with Crippen LogP contribution in [-0.4, -0.2) is 148 Å². The summed E-state index contributed by atoms with van der Waals surface area (Å²) in [7, 11) is 3.70. The first kappa shape index (κ1) is 42.2. The van der Waals surface area contributed by atoms with Crippen LogP contribution in [0.1, 0.15) is 57.8 Å². The van der Waals surface area contributed by atoms with E-state index in [2.05, 4.69) is 43.7 Å². The number of carboxylic acids is 2. The largest absolute Gasteiger partial charge is 0.478 e. The Morgan fingerprint density at radius 1 is 1.10 bits per heavy atom. The molecule has 0 bridgehead atoms. The number of benzene rings is 1. The maximum Gasteiger partial charge on any atom is 0.328 e. The standard InChI is InChI=1S/C32H50FN7O4.C4H4O4/c1-8-40(23(4)5)31(42)26-15-24(33)9-10-28(26)44-30-29(34-21-35-36-30)38-12-11-32(18-38)19-39(20-32)27(22(2)3)16-25(41)17-37(6)13-14-43-7;5-3(6)1-2-4(7)8/h9-10,15,21-23,25,27,41H,8,11-14,16-20H2,1-7H3;1-2H,(H,5,6)(H,7,8)/b;2-1+/t25-,27?;/m0./s1. The lowest BCUT2D eigenvalue weighted by atomic mass is 9.76. The minimum Gasteiger partial charge on any atom is -0.478 e. The van der Waals surface area contributed by atoms with Gasteiger partial charge in [0.1, 0.15) is 17.9 Å². The van der Waals surface area contributed by atoms with Crippen LogP contribution in [0.5, 0.6) is 11.6 Å². The summed E-state index contributed by atoms with van der Waals surface area (Å²) in [6.45, 7) is 16.2. The highest BCUT2D eigenvalue weighted by Gasteiger charge is 2.50. The molecule has 2 aromatic rings. The molecule has 16 heteroatoms. The van der Waals surface area contributed by atoms with E-state index >= 15 is 0 Å². The predicted octanol–water partition coefficient (Wildman–Crippen LogP) is 3.25. The molecule has 2 fully saturated rings. The Morgan fingerprint density at radius 2 is 1.77 bits per heavy atom. The zero-order valence-electron chi connectivity index (χ0n) is 31.2. The second-order valence-electron chi connectivity index (χ2n) is 14.1. The maximum absolute atomic E-state index is 14.3. The van der Waals surface area contributed by atoms with Crippen LogP contribution < -0.4 is 9.64 Å². The van der Waals surface area contributed by atoms with E-state index in [1.165, 1.54) is 24.5 Å². The zero-order valence-corrected chi connectivity index (χ0v) is 31.2. The van der Waals surface area contributed by atoms with Crippen molar-refractivity contribution in [2.45, 2.75) is 65.6 Å². The Balaban J connectivity index is 0.000000815. The monoisotopic (exact) mass is 731 g/mol. The fourth-order valence-electron chi connectivity index (χ4n) is 6.76. The van der Waals surface area contributed by atoms with Gasteiger partial charge in [-0.3, -0.25) is 9.69 Å². The number of hydrogen-bond acceptors (Lipinski definition) is 12. The minimum absolute atomic E-state index is 0.0546. The molecule has 2 aliphatic heterocycles. The van der Waals surface area contributed by atoms with Gasteiger partial charge in [0.2, 0.25) is 0 Å². The van der Waals surface area contributed by atoms with Gasteiger partial charge in [-0.05, 0) is 64.8 Å². The molecule has 0 saturated carbocycles. The average Bonchev–Trinajstić information content (AvgIpc) is 3.52. The van der Waals surface area contributed by atoms with Crippen molar-refractivity contribution in [2.75, 3.05) is 71.5 Å². The molecule has 1 spiro atoms. The van der Waals surface area contributed by atoms with Gasteiger partial charge in [-0.25, -0.2) is 19.0 Å². The maximum atomic E-state index is 14.3.